The van der Waals surface area contributed by atoms with Crippen molar-refractivity contribution in [2.24, 2.45) is 11.8 Å². The Labute approximate surface area is 274 Å². The molecule has 1 aromatic carbocycles. The van der Waals surface area contributed by atoms with Crippen LogP contribution in [0.1, 0.15) is 90.5 Å². The van der Waals surface area contributed by atoms with Gasteiger partial charge in [0.1, 0.15) is 17.2 Å². The smallest absolute Gasteiger partial charge is 0.410 e. The van der Waals surface area contributed by atoms with Crippen LogP contribution in [-0.2, 0) is 19.6 Å². The zero-order chi connectivity index (χ0) is 33.6. The van der Waals surface area contributed by atoms with E-state index in [1.165, 1.54) is 22.7 Å². The molecule has 0 bridgehead atoms. The fourth-order valence-corrected chi connectivity index (χ4v) is 8.37. The van der Waals surface area contributed by atoms with E-state index >= 15 is 0 Å². The first-order valence-corrected chi connectivity index (χ1v) is 18.9. The highest BCUT2D eigenvalue weighted by Crippen LogP contribution is 2.37. The number of rotatable bonds is 10. The summed E-state index contributed by atoms with van der Waals surface area (Å²) in [5.41, 5.74) is 0.119. The zero-order valence-corrected chi connectivity index (χ0v) is 29.2. The van der Waals surface area contributed by atoms with E-state index in [9.17, 15) is 26.8 Å². The number of hydrogen-bond donors (Lipinski definition) is 0. The molecular weight excluding hydrogens is 614 g/mol. The molecule has 0 radical (unpaired) electrons. The maximum absolute atomic E-state index is 14.2. The molecule has 0 aromatic heterocycles. The number of nitrogens with zero attached hydrogens (tertiary/aromatic N) is 4. The van der Waals surface area contributed by atoms with Gasteiger partial charge in [-0.1, -0.05) is 0 Å². The third-order valence-electron chi connectivity index (χ3n) is 9.99. The van der Waals surface area contributed by atoms with Gasteiger partial charge < -0.3 is 19.4 Å². The van der Waals surface area contributed by atoms with E-state index in [-0.39, 0.29) is 35.8 Å². The number of carbonyl (C=O) groups is 2. The third kappa shape index (κ3) is 10.3. The van der Waals surface area contributed by atoms with Gasteiger partial charge in [-0.2, -0.15) is 0 Å². The van der Waals surface area contributed by atoms with Crippen LogP contribution in [-0.4, -0.2) is 110 Å². The average molecular weight is 669 g/mol. The van der Waals surface area contributed by atoms with E-state index in [0.717, 1.165) is 57.8 Å². The van der Waals surface area contributed by atoms with Gasteiger partial charge in [-0.25, -0.2) is 26.3 Å². The van der Waals surface area contributed by atoms with Crippen molar-refractivity contribution in [2.75, 3.05) is 58.6 Å². The SMILES string of the molecule is CCN(C(=O)CC1CCN(C(=O)OC(C)(C)C)CC1)C1CCN(CC[C@@H](c2cc(F)cc(F)c2)C2CCN(S(C)(=O)=O)CC2)CC1. The van der Waals surface area contributed by atoms with Gasteiger partial charge in [-0.3, -0.25) is 4.79 Å². The Morgan fingerprint density at radius 3 is 2.04 bits per heavy atom. The second-order valence-electron chi connectivity index (χ2n) is 14.5. The quantitative estimate of drug-likeness (QED) is 0.329. The number of piperidine rings is 3. The fourth-order valence-electron chi connectivity index (χ4n) is 7.50. The van der Waals surface area contributed by atoms with Crippen LogP contribution in [0.3, 0.4) is 0 Å². The van der Waals surface area contributed by atoms with Crippen molar-refractivity contribution in [2.45, 2.75) is 96.6 Å². The molecule has 1 aromatic rings. The minimum atomic E-state index is -3.26. The first-order chi connectivity index (χ1) is 21.6. The van der Waals surface area contributed by atoms with Crippen LogP contribution in [0, 0.1) is 23.5 Å². The summed E-state index contributed by atoms with van der Waals surface area (Å²) in [5, 5.41) is 0. The summed E-state index contributed by atoms with van der Waals surface area (Å²) in [7, 11) is -3.26. The van der Waals surface area contributed by atoms with E-state index in [2.05, 4.69) is 4.90 Å². The van der Waals surface area contributed by atoms with Gasteiger partial charge in [0.05, 0.1) is 6.26 Å². The molecule has 9 nitrogen and oxygen atoms in total. The molecule has 3 fully saturated rings. The van der Waals surface area contributed by atoms with Gasteiger partial charge in [0.25, 0.3) is 0 Å². The molecule has 0 unspecified atom stereocenters. The van der Waals surface area contributed by atoms with Gasteiger partial charge >= 0.3 is 6.09 Å². The Bertz CT molecular complexity index is 1260. The lowest BCUT2D eigenvalue weighted by molar-refractivity contribution is -0.135. The Balaban J connectivity index is 1.27. The van der Waals surface area contributed by atoms with E-state index in [0.29, 0.717) is 57.5 Å². The van der Waals surface area contributed by atoms with Crippen molar-refractivity contribution in [1.29, 1.82) is 0 Å². The molecule has 1 atom stereocenters. The molecule has 0 spiro atoms. The van der Waals surface area contributed by atoms with Crippen LogP contribution >= 0.6 is 0 Å². The summed E-state index contributed by atoms with van der Waals surface area (Å²) in [6.45, 7) is 12.8. The zero-order valence-electron chi connectivity index (χ0n) is 28.3. The summed E-state index contributed by atoms with van der Waals surface area (Å²) in [6, 6.07) is 3.93. The summed E-state index contributed by atoms with van der Waals surface area (Å²) in [6.07, 6.45) is 6.83. The Morgan fingerprint density at radius 1 is 0.935 bits per heavy atom. The molecular formula is C34H54F2N4O5S. The van der Waals surface area contributed by atoms with E-state index < -0.39 is 27.3 Å². The summed E-state index contributed by atoms with van der Waals surface area (Å²) in [5.74, 6) is -0.667. The van der Waals surface area contributed by atoms with Crippen molar-refractivity contribution in [3.8, 4) is 0 Å². The molecule has 3 aliphatic rings. The van der Waals surface area contributed by atoms with E-state index in [4.69, 9.17) is 4.74 Å². The number of amides is 2. The second-order valence-corrected chi connectivity index (χ2v) is 16.4. The van der Waals surface area contributed by atoms with E-state index in [1.807, 2.05) is 32.6 Å². The monoisotopic (exact) mass is 668 g/mol. The number of likely N-dealkylation sites (tertiary alicyclic amines) is 2. The van der Waals surface area contributed by atoms with E-state index in [1.54, 1.807) is 4.90 Å². The number of benzene rings is 1. The largest absolute Gasteiger partial charge is 0.444 e. The highest BCUT2D eigenvalue weighted by atomic mass is 32.2. The van der Waals surface area contributed by atoms with Crippen molar-refractivity contribution < 1.29 is 31.5 Å². The van der Waals surface area contributed by atoms with Gasteiger partial charge in [-0.15, -0.1) is 0 Å². The van der Waals surface area contributed by atoms with Crippen molar-refractivity contribution in [3.63, 3.8) is 0 Å². The van der Waals surface area contributed by atoms with Gasteiger partial charge in [-0.05, 0) is 115 Å². The van der Waals surface area contributed by atoms with Crippen LogP contribution in [0.2, 0.25) is 0 Å². The average Bonchev–Trinajstić information content (AvgIpc) is 2.97. The topological polar surface area (TPSA) is 90.5 Å². The molecule has 3 saturated heterocycles. The Hall–Kier alpha value is -2.31. The number of hydrogen-bond acceptors (Lipinski definition) is 6. The summed E-state index contributed by atoms with van der Waals surface area (Å²) in [4.78, 5) is 32.0. The van der Waals surface area contributed by atoms with Crippen LogP contribution in [0.4, 0.5) is 13.6 Å². The summed E-state index contributed by atoms with van der Waals surface area (Å²) < 4.78 is 59.6. The van der Waals surface area contributed by atoms with Crippen molar-refractivity contribution in [1.82, 2.24) is 19.0 Å². The van der Waals surface area contributed by atoms with Crippen LogP contribution in [0.25, 0.3) is 0 Å². The molecule has 2 amide bonds. The number of carbonyl (C=O) groups excluding carboxylic acids is 2. The fraction of sp³-hybridized carbons (Fsp3) is 0.765. The van der Waals surface area contributed by atoms with Crippen LogP contribution in [0.5, 0.6) is 0 Å². The second kappa shape index (κ2) is 15.7. The first kappa shape index (κ1) is 36.5. The van der Waals surface area contributed by atoms with Crippen molar-refractivity contribution in [3.05, 3.63) is 35.4 Å². The van der Waals surface area contributed by atoms with Crippen LogP contribution in [0.15, 0.2) is 18.2 Å². The molecule has 0 aliphatic carbocycles. The molecule has 260 valence electrons. The number of ether oxygens (including phenoxy) is 1. The predicted molar refractivity (Wildman–Crippen MR) is 175 cm³/mol. The minimum absolute atomic E-state index is 0.0694. The molecule has 12 heteroatoms. The Kier molecular flexibility index (Phi) is 12.5. The first-order valence-electron chi connectivity index (χ1n) is 17.0. The lowest BCUT2D eigenvalue weighted by atomic mass is 9.78. The lowest BCUT2D eigenvalue weighted by Gasteiger charge is -2.40. The maximum atomic E-state index is 14.2. The predicted octanol–water partition coefficient (Wildman–Crippen LogP) is 5.46. The summed E-state index contributed by atoms with van der Waals surface area (Å²) >= 11 is 0. The third-order valence-corrected chi connectivity index (χ3v) is 11.3. The molecule has 0 N–H and O–H groups in total. The van der Waals surface area contributed by atoms with Crippen molar-refractivity contribution >= 4 is 22.0 Å². The number of sulfonamides is 1. The minimum Gasteiger partial charge on any atom is -0.444 e. The highest BCUT2D eigenvalue weighted by Gasteiger charge is 2.34. The molecule has 0 saturated carbocycles. The Morgan fingerprint density at radius 2 is 1.52 bits per heavy atom. The maximum Gasteiger partial charge on any atom is 0.410 e. The molecule has 3 aliphatic heterocycles. The molecule has 46 heavy (non-hydrogen) atoms. The van der Waals surface area contributed by atoms with Gasteiger partial charge in [0, 0.05) is 64.3 Å². The standard InChI is InChI=1S/C34H54F2N4O5S/c1-6-40(32(41)21-25-7-17-38(18-8-25)33(42)45-34(2,3)4)30-11-14-37(15-12-30)16-13-31(27-22-28(35)24-29(36)23-27)26-9-19-39(20-10-26)46(5,43)44/h22-26,30-31H,6-21H2,1-5H3/t31-/m1/s1. The van der Waals surface area contributed by atoms with Crippen LogP contribution < -0.4 is 0 Å². The van der Waals surface area contributed by atoms with Gasteiger partial charge in [0.15, 0.2) is 0 Å². The number of halogens is 2. The lowest BCUT2D eigenvalue weighted by Crippen LogP contribution is -2.48. The normalized spacial score (nSPS) is 20.9. The molecule has 4 rings (SSSR count). The van der Waals surface area contributed by atoms with Gasteiger partial charge in [0.2, 0.25) is 15.9 Å². The molecule has 3 heterocycles. The highest BCUT2D eigenvalue weighted by molar-refractivity contribution is 7.88.